The normalized spacial score (nSPS) is 17.1. The highest BCUT2D eigenvalue weighted by molar-refractivity contribution is 5.91. The molecule has 0 spiro atoms. The Labute approximate surface area is 119 Å². The molecule has 0 aliphatic heterocycles. The molecule has 1 fully saturated rings. The highest BCUT2D eigenvalue weighted by Crippen LogP contribution is 2.40. The van der Waals surface area contributed by atoms with E-state index in [0.717, 1.165) is 0 Å². The number of carboxylic acid groups (broad SMARTS) is 1. The van der Waals surface area contributed by atoms with Crippen molar-refractivity contribution in [3.8, 4) is 5.75 Å². The van der Waals surface area contributed by atoms with Crippen LogP contribution in [0.15, 0.2) is 30.3 Å². The molecule has 0 bridgehead atoms. The molecule has 1 aromatic rings. The molecule has 1 aliphatic rings. The molecule has 0 heterocycles. The van der Waals surface area contributed by atoms with Crippen molar-refractivity contribution in [3.05, 3.63) is 30.3 Å². The molecular weight excluding hydrogens is 284 g/mol. The van der Waals surface area contributed by atoms with Crippen LogP contribution in [0.25, 0.3) is 0 Å². The maximum absolute atomic E-state index is 12.3. The van der Waals surface area contributed by atoms with Crippen LogP contribution in [0.5, 0.6) is 5.75 Å². The number of benzene rings is 1. The van der Waals surface area contributed by atoms with Crippen LogP contribution in [0.3, 0.4) is 0 Å². The number of aliphatic carboxylic acids is 1. The summed E-state index contributed by atoms with van der Waals surface area (Å²) in [7, 11) is 0. The van der Waals surface area contributed by atoms with Crippen molar-refractivity contribution in [1.82, 2.24) is 5.32 Å². The Morgan fingerprint density at radius 2 is 1.90 bits per heavy atom. The van der Waals surface area contributed by atoms with Crippen molar-refractivity contribution in [3.63, 3.8) is 0 Å². The number of amides is 1. The van der Waals surface area contributed by atoms with E-state index in [-0.39, 0.29) is 0 Å². The zero-order valence-electron chi connectivity index (χ0n) is 11.1. The van der Waals surface area contributed by atoms with E-state index in [1.165, 1.54) is 0 Å². The molecule has 1 aromatic carbocycles. The zero-order chi connectivity index (χ0) is 15.5. The van der Waals surface area contributed by atoms with Gasteiger partial charge in [0.05, 0.1) is 0 Å². The number of rotatable bonds is 7. The second-order valence-electron chi connectivity index (χ2n) is 4.90. The van der Waals surface area contributed by atoms with Crippen molar-refractivity contribution >= 4 is 11.9 Å². The molecule has 1 amide bonds. The Morgan fingerprint density at radius 1 is 1.29 bits per heavy atom. The smallest absolute Gasteiger partial charge is 0.326 e. The van der Waals surface area contributed by atoms with Crippen LogP contribution in [-0.4, -0.2) is 35.1 Å². The lowest BCUT2D eigenvalue weighted by atomic mass is 10.2. The number of ether oxygens (including phenoxy) is 1. The van der Waals surface area contributed by atoms with Gasteiger partial charge in [0.1, 0.15) is 11.8 Å². The van der Waals surface area contributed by atoms with E-state index in [0.29, 0.717) is 18.6 Å². The van der Waals surface area contributed by atoms with E-state index >= 15 is 0 Å². The Balaban J connectivity index is 2.00. The highest BCUT2D eigenvalue weighted by atomic mass is 19.3. The molecule has 7 heteroatoms. The zero-order valence-corrected chi connectivity index (χ0v) is 11.1. The molecule has 114 valence electrons. The molecule has 1 unspecified atom stereocenters. The van der Waals surface area contributed by atoms with Crippen LogP contribution in [0.2, 0.25) is 0 Å². The predicted octanol–water partition coefficient (Wildman–Crippen LogP) is 1.82. The van der Waals surface area contributed by atoms with Crippen LogP contribution in [0, 0.1) is 0 Å². The van der Waals surface area contributed by atoms with Crippen molar-refractivity contribution < 1.29 is 28.2 Å². The van der Waals surface area contributed by atoms with Crippen molar-refractivity contribution in [1.29, 1.82) is 0 Å². The first kappa shape index (κ1) is 15.2. The summed E-state index contributed by atoms with van der Waals surface area (Å²) in [6.07, 6.45) is -2.89. The predicted molar refractivity (Wildman–Crippen MR) is 69.2 cm³/mol. The lowest BCUT2D eigenvalue weighted by molar-refractivity contribution is -0.144. The van der Waals surface area contributed by atoms with Crippen LogP contribution in [0.4, 0.5) is 8.78 Å². The van der Waals surface area contributed by atoms with Crippen molar-refractivity contribution in [2.45, 2.75) is 37.3 Å². The second kappa shape index (κ2) is 6.07. The first-order valence-corrected chi connectivity index (χ1v) is 6.49. The highest BCUT2D eigenvalue weighted by Gasteiger charge is 2.53. The third-order valence-corrected chi connectivity index (χ3v) is 3.19. The average molecular weight is 299 g/mol. The van der Waals surface area contributed by atoms with Gasteiger partial charge in [0.2, 0.25) is 6.43 Å². The summed E-state index contributed by atoms with van der Waals surface area (Å²) in [5, 5.41) is 11.0. The molecule has 1 atom stereocenters. The summed E-state index contributed by atoms with van der Waals surface area (Å²) >= 11 is 0. The van der Waals surface area contributed by atoms with E-state index in [4.69, 9.17) is 9.84 Å². The molecule has 5 nitrogen and oxygen atoms in total. The number of carbonyl (C=O) groups is 2. The summed E-state index contributed by atoms with van der Waals surface area (Å²) in [4.78, 5) is 23.0. The van der Waals surface area contributed by atoms with Crippen molar-refractivity contribution in [2.75, 3.05) is 0 Å². The summed E-state index contributed by atoms with van der Waals surface area (Å²) in [5.41, 5.74) is -1.14. The largest absolute Gasteiger partial charge is 0.480 e. The Bertz CT molecular complexity index is 517. The number of carbonyl (C=O) groups excluding carboxylic acids is 1. The van der Waals surface area contributed by atoms with Gasteiger partial charge in [-0.1, -0.05) is 18.2 Å². The summed E-state index contributed by atoms with van der Waals surface area (Å²) in [5.74, 6) is -1.68. The maximum Gasteiger partial charge on any atom is 0.326 e. The van der Waals surface area contributed by atoms with Gasteiger partial charge in [-0.3, -0.25) is 4.79 Å². The molecule has 2 rings (SSSR count). The SMILES string of the molecule is O=C(O)C(CC(F)F)NC(=O)C1(Oc2ccccc2)CC1. The molecule has 1 aliphatic carbocycles. The Hall–Kier alpha value is -2.18. The number of halogens is 2. The Kier molecular flexibility index (Phi) is 4.40. The lowest BCUT2D eigenvalue weighted by Crippen LogP contribution is -2.49. The lowest BCUT2D eigenvalue weighted by Gasteiger charge is -2.21. The van der Waals surface area contributed by atoms with E-state index in [9.17, 15) is 18.4 Å². The fourth-order valence-electron chi connectivity index (χ4n) is 1.89. The summed E-state index contributed by atoms with van der Waals surface area (Å²) in [6.45, 7) is 0. The first-order valence-electron chi connectivity index (χ1n) is 6.49. The summed E-state index contributed by atoms with van der Waals surface area (Å²) in [6, 6.07) is 6.98. The molecule has 2 N–H and O–H groups in total. The number of alkyl halides is 2. The third kappa shape index (κ3) is 3.90. The molecular formula is C14H15F2NO4. The van der Waals surface area contributed by atoms with Crippen LogP contribution in [-0.2, 0) is 9.59 Å². The van der Waals surface area contributed by atoms with E-state index in [1.807, 2.05) is 0 Å². The van der Waals surface area contributed by atoms with Gasteiger partial charge in [-0.05, 0) is 12.1 Å². The van der Waals surface area contributed by atoms with E-state index in [2.05, 4.69) is 5.32 Å². The standard InChI is InChI=1S/C14H15F2NO4/c15-11(16)8-10(12(18)19)17-13(20)14(6-7-14)21-9-4-2-1-3-5-9/h1-5,10-11H,6-8H2,(H,17,20)(H,18,19). The van der Waals surface area contributed by atoms with Gasteiger partial charge >= 0.3 is 5.97 Å². The van der Waals surface area contributed by atoms with Gasteiger partial charge in [0.25, 0.3) is 5.91 Å². The van der Waals surface area contributed by atoms with Gasteiger partial charge in [0.15, 0.2) is 5.60 Å². The molecule has 0 radical (unpaired) electrons. The monoisotopic (exact) mass is 299 g/mol. The Morgan fingerprint density at radius 3 is 2.38 bits per heavy atom. The molecule has 1 saturated carbocycles. The molecule has 21 heavy (non-hydrogen) atoms. The minimum atomic E-state index is -2.81. The van der Waals surface area contributed by atoms with Crippen LogP contribution < -0.4 is 10.1 Å². The number of nitrogens with one attached hydrogen (secondary N) is 1. The molecule has 0 saturated heterocycles. The maximum atomic E-state index is 12.3. The van der Waals surface area contributed by atoms with Crippen LogP contribution in [0.1, 0.15) is 19.3 Å². The number of carboxylic acids is 1. The van der Waals surface area contributed by atoms with Gasteiger partial charge in [-0.25, -0.2) is 13.6 Å². The van der Waals surface area contributed by atoms with Gasteiger partial charge in [0, 0.05) is 19.3 Å². The molecule has 0 aromatic heterocycles. The van der Waals surface area contributed by atoms with E-state index in [1.54, 1.807) is 30.3 Å². The average Bonchev–Trinajstić information content (AvgIpc) is 3.19. The minimum Gasteiger partial charge on any atom is -0.480 e. The van der Waals surface area contributed by atoms with Gasteiger partial charge in [-0.15, -0.1) is 0 Å². The van der Waals surface area contributed by atoms with Crippen LogP contribution >= 0.6 is 0 Å². The topological polar surface area (TPSA) is 75.6 Å². The third-order valence-electron chi connectivity index (χ3n) is 3.19. The quantitative estimate of drug-likeness (QED) is 0.805. The minimum absolute atomic E-state index is 0.425. The second-order valence-corrected chi connectivity index (χ2v) is 4.90. The number of para-hydroxylation sites is 1. The fourth-order valence-corrected chi connectivity index (χ4v) is 1.89. The van der Waals surface area contributed by atoms with Crippen molar-refractivity contribution in [2.24, 2.45) is 0 Å². The van der Waals surface area contributed by atoms with E-state index < -0.39 is 36.4 Å². The van der Waals surface area contributed by atoms with Gasteiger partial charge < -0.3 is 15.2 Å². The number of hydrogen-bond donors (Lipinski definition) is 2. The number of hydrogen-bond acceptors (Lipinski definition) is 3. The summed E-state index contributed by atoms with van der Waals surface area (Å²) < 4.78 is 30.2. The fraction of sp³-hybridized carbons (Fsp3) is 0.429. The first-order chi connectivity index (χ1) is 9.93. The van der Waals surface area contributed by atoms with Gasteiger partial charge in [-0.2, -0.15) is 0 Å².